The third-order valence-electron chi connectivity index (χ3n) is 3.00. The predicted octanol–water partition coefficient (Wildman–Crippen LogP) is 4.49. The van der Waals surface area contributed by atoms with Gasteiger partial charge in [-0.1, -0.05) is 34.1 Å². The van der Waals surface area contributed by atoms with Gasteiger partial charge in [0.2, 0.25) is 5.78 Å². The second-order valence-corrected chi connectivity index (χ2v) is 5.35. The quantitative estimate of drug-likeness (QED) is 0.717. The van der Waals surface area contributed by atoms with Crippen molar-refractivity contribution < 1.29 is 9.21 Å². The molecule has 0 fully saturated rings. The molecule has 20 heavy (non-hydrogen) atoms. The van der Waals surface area contributed by atoms with Crippen molar-refractivity contribution >= 4 is 38.4 Å². The molecule has 0 aliphatic rings. The number of halogens is 1. The standard InChI is InChI=1S/C16H12BrNO2/c17-12-5-7-13(8-6-12)18-10-14(19)16-9-11-3-1-2-4-15(11)20-16/h1-9,18H,10H2. The molecule has 1 aromatic heterocycles. The van der Waals surface area contributed by atoms with E-state index in [1.165, 1.54) is 0 Å². The Morgan fingerprint density at radius 3 is 2.60 bits per heavy atom. The van der Waals surface area contributed by atoms with Crippen LogP contribution in [0.1, 0.15) is 10.6 Å². The Morgan fingerprint density at radius 1 is 1.10 bits per heavy atom. The number of carbonyl (C=O) groups is 1. The van der Waals surface area contributed by atoms with E-state index >= 15 is 0 Å². The van der Waals surface area contributed by atoms with E-state index in [0.717, 1.165) is 21.1 Å². The molecule has 2 aromatic carbocycles. The number of furan rings is 1. The minimum absolute atomic E-state index is 0.0656. The third-order valence-corrected chi connectivity index (χ3v) is 3.53. The minimum Gasteiger partial charge on any atom is -0.453 e. The van der Waals surface area contributed by atoms with Gasteiger partial charge in [0.1, 0.15) is 5.58 Å². The Morgan fingerprint density at radius 2 is 1.85 bits per heavy atom. The summed E-state index contributed by atoms with van der Waals surface area (Å²) in [4.78, 5) is 12.1. The SMILES string of the molecule is O=C(CNc1ccc(Br)cc1)c1cc2ccccc2o1. The Bertz CT molecular complexity index is 714. The number of Topliss-reactive ketones (excluding diaryl/α,β-unsaturated/α-hetero) is 1. The highest BCUT2D eigenvalue weighted by atomic mass is 79.9. The number of rotatable bonds is 4. The van der Waals surface area contributed by atoms with Crippen LogP contribution in [0.3, 0.4) is 0 Å². The maximum atomic E-state index is 12.1. The molecule has 0 aliphatic heterocycles. The van der Waals surface area contributed by atoms with Crippen molar-refractivity contribution in [1.29, 1.82) is 0 Å². The zero-order chi connectivity index (χ0) is 13.9. The topological polar surface area (TPSA) is 42.2 Å². The Kier molecular flexibility index (Phi) is 3.56. The Balaban J connectivity index is 1.71. The lowest BCUT2D eigenvalue weighted by atomic mass is 10.2. The van der Waals surface area contributed by atoms with Crippen molar-refractivity contribution in [2.45, 2.75) is 0 Å². The number of anilines is 1. The highest BCUT2D eigenvalue weighted by molar-refractivity contribution is 9.10. The van der Waals surface area contributed by atoms with Gasteiger partial charge in [-0.3, -0.25) is 4.79 Å². The molecular formula is C16H12BrNO2. The number of fused-ring (bicyclic) bond motifs is 1. The molecule has 0 radical (unpaired) electrons. The summed E-state index contributed by atoms with van der Waals surface area (Å²) >= 11 is 3.37. The van der Waals surface area contributed by atoms with E-state index in [-0.39, 0.29) is 12.3 Å². The monoisotopic (exact) mass is 329 g/mol. The van der Waals surface area contributed by atoms with Gasteiger partial charge >= 0.3 is 0 Å². The fourth-order valence-corrected chi connectivity index (χ4v) is 2.22. The molecule has 0 atom stereocenters. The van der Waals surface area contributed by atoms with E-state index < -0.39 is 0 Å². The molecule has 3 rings (SSSR count). The summed E-state index contributed by atoms with van der Waals surface area (Å²) in [5, 5.41) is 4.03. The highest BCUT2D eigenvalue weighted by Gasteiger charge is 2.11. The van der Waals surface area contributed by atoms with E-state index in [0.29, 0.717) is 5.76 Å². The van der Waals surface area contributed by atoms with Crippen molar-refractivity contribution in [1.82, 2.24) is 0 Å². The summed E-state index contributed by atoms with van der Waals surface area (Å²) in [6.45, 7) is 0.210. The normalized spacial score (nSPS) is 10.7. The fraction of sp³-hybridized carbons (Fsp3) is 0.0625. The molecule has 100 valence electrons. The molecule has 0 aliphatic carbocycles. The Hall–Kier alpha value is -2.07. The number of nitrogens with one attached hydrogen (secondary N) is 1. The van der Waals surface area contributed by atoms with Crippen molar-refractivity contribution in [2.75, 3.05) is 11.9 Å². The molecule has 1 heterocycles. The number of benzene rings is 2. The van der Waals surface area contributed by atoms with Crippen LogP contribution in [0, 0.1) is 0 Å². The Labute approximate surface area is 124 Å². The first-order valence-electron chi connectivity index (χ1n) is 6.23. The lowest BCUT2D eigenvalue weighted by Crippen LogP contribution is -2.13. The van der Waals surface area contributed by atoms with Crippen LogP contribution < -0.4 is 5.32 Å². The van der Waals surface area contributed by atoms with E-state index in [1.54, 1.807) is 6.07 Å². The van der Waals surface area contributed by atoms with E-state index in [4.69, 9.17) is 4.42 Å². The van der Waals surface area contributed by atoms with Crippen LogP contribution in [0.2, 0.25) is 0 Å². The van der Waals surface area contributed by atoms with Gasteiger partial charge in [-0.05, 0) is 36.4 Å². The smallest absolute Gasteiger partial charge is 0.216 e. The first-order chi connectivity index (χ1) is 9.72. The van der Waals surface area contributed by atoms with Crippen LogP contribution in [0.4, 0.5) is 5.69 Å². The maximum Gasteiger partial charge on any atom is 0.216 e. The maximum absolute atomic E-state index is 12.1. The van der Waals surface area contributed by atoms with E-state index in [2.05, 4.69) is 21.2 Å². The van der Waals surface area contributed by atoms with Crippen molar-refractivity contribution in [3.63, 3.8) is 0 Å². The molecule has 0 saturated heterocycles. The van der Waals surface area contributed by atoms with Gasteiger partial charge in [-0.25, -0.2) is 0 Å². The summed E-state index contributed by atoms with van der Waals surface area (Å²) < 4.78 is 6.55. The summed E-state index contributed by atoms with van der Waals surface area (Å²) in [5.41, 5.74) is 1.64. The molecule has 0 bridgehead atoms. The molecular weight excluding hydrogens is 318 g/mol. The van der Waals surface area contributed by atoms with Crippen LogP contribution in [0.15, 0.2) is 63.5 Å². The van der Waals surface area contributed by atoms with Crippen molar-refractivity contribution in [2.24, 2.45) is 0 Å². The lowest BCUT2D eigenvalue weighted by Gasteiger charge is -2.04. The predicted molar refractivity (Wildman–Crippen MR) is 83.2 cm³/mol. The highest BCUT2D eigenvalue weighted by Crippen LogP contribution is 2.19. The van der Waals surface area contributed by atoms with Gasteiger partial charge < -0.3 is 9.73 Å². The van der Waals surface area contributed by atoms with Crippen LogP contribution in [-0.4, -0.2) is 12.3 Å². The lowest BCUT2D eigenvalue weighted by molar-refractivity contribution is 0.0982. The largest absolute Gasteiger partial charge is 0.453 e. The second-order valence-electron chi connectivity index (χ2n) is 4.43. The van der Waals surface area contributed by atoms with Crippen LogP contribution in [0.25, 0.3) is 11.0 Å². The van der Waals surface area contributed by atoms with Gasteiger partial charge in [0.15, 0.2) is 5.76 Å². The van der Waals surface area contributed by atoms with Crippen LogP contribution in [0.5, 0.6) is 0 Å². The van der Waals surface area contributed by atoms with Crippen LogP contribution in [-0.2, 0) is 0 Å². The van der Waals surface area contributed by atoms with Crippen molar-refractivity contribution in [3.8, 4) is 0 Å². The molecule has 3 nitrogen and oxygen atoms in total. The molecule has 1 N–H and O–H groups in total. The molecule has 0 amide bonds. The summed E-state index contributed by atoms with van der Waals surface area (Å²) in [6, 6.07) is 17.0. The summed E-state index contributed by atoms with van der Waals surface area (Å²) in [5.74, 6) is 0.319. The first-order valence-corrected chi connectivity index (χ1v) is 7.03. The minimum atomic E-state index is -0.0656. The van der Waals surface area contributed by atoms with Gasteiger partial charge in [0, 0.05) is 15.5 Å². The molecule has 3 aromatic rings. The molecule has 0 saturated carbocycles. The third kappa shape index (κ3) is 2.75. The van der Waals surface area contributed by atoms with Gasteiger partial charge in [-0.2, -0.15) is 0 Å². The zero-order valence-corrected chi connectivity index (χ0v) is 12.2. The molecule has 0 spiro atoms. The number of hydrogen-bond acceptors (Lipinski definition) is 3. The average molecular weight is 330 g/mol. The average Bonchev–Trinajstić information content (AvgIpc) is 2.90. The summed E-state index contributed by atoms with van der Waals surface area (Å²) in [7, 11) is 0. The second kappa shape index (κ2) is 5.51. The van der Waals surface area contributed by atoms with Crippen LogP contribution >= 0.6 is 15.9 Å². The number of ketones is 1. The molecule has 4 heteroatoms. The summed E-state index contributed by atoms with van der Waals surface area (Å²) in [6.07, 6.45) is 0. The first kappa shape index (κ1) is 12.9. The van der Waals surface area contributed by atoms with Gasteiger partial charge in [0.05, 0.1) is 6.54 Å². The number of hydrogen-bond donors (Lipinski definition) is 1. The van der Waals surface area contributed by atoms with E-state index in [1.807, 2.05) is 48.5 Å². The van der Waals surface area contributed by atoms with Crippen molar-refractivity contribution in [3.05, 3.63) is 64.8 Å². The fourth-order valence-electron chi connectivity index (χ4n) is 1.96. The zero-order valence-electron chi connectivity index (χ0n) is 10.6. The van der Waals surface area contributed by atoms with E-state index in [9.17, 15) is 4.79 Å². The number of carbonyl (C=O) groups excluding carboxylic acids is 1. The number of para-hydroxylation sites is 1. The van der Waals surface area contributed by atoms with Gasteiger partial charge in [-0.15, -0.1) is 0 Å². The van der Waals surface area contributed by atoms with Gasteiger partial charge in [0.25, 0.3) is 0 Å². The molecule has 0 unspecified atom stereocenters.